The molecule has 5 aromatic rings. The van der Waals surface area contributed by atoms with Crippen molar-refractivity contribution < 1.29 is 38.3 Å². The molecule has 1 fully saturated rings. The average molecular weight is 1140 g/mol. The summed E-state index contributed by atoms with van der Waals surface area (Å²) in [5.41, 5.74) is 7.89. The van der Waals surface area contributed by atoms with E-state index in [0.717, 1.165) is 71.9 Å². The van der Waals surface area contributed by atoms with Gasteiger partial charge in [0.05, 0.1) is 24.2 Å². The van der Waals surface area contributed by atoms with E-state index in [4.69, 9.17) is 4.74 Å². The van der Waals surface area contributed by atoms with Gasteiger partial charge in [0.25, 0.3) is 5.91 Å². The van der Waals surface area contributed by atoms with E-state index in [-0.39, 0.29) is 80.1 Å². The summed E-state index contributed by atoms with van der Waals surface area (Å²) in [6, 6.07) is 33.0. The lowest BCUT2D eigenvalue weighted by Gasteiger charge is -2.42. The first kappa shape index (κ1) is 60.7. The van der Waals surface area contributed by atoms with Crippen LogP contribution in [0, 0.1) is 5.41 Å². The number of hydrogen-bond acceptors (Lipinski definition) is 10. The van der Waals surface area contributed by atoms with Gasteiger partial charge in [0.2, 0.25) is 35.4 Å². The molecule has 0 aromatic heterocycles. The lowest BCUT2D eigenvalue weighted by molar-refractivity contribution is -0.149. The van der Waals surface area contributed by atoms with Gasteiger partial charge in [-0.25, -0.2) is 0 Å². The number of carbonyl (C=O) groups is 7. The van der Waals surface area contributed by atoms with Gasteiger partial charge in [-0.1, -0.05) is 118 Å². The van der Waals surface area contributed by atoms with E-state index < -0.39 is 53.6 Å². The molecule has 84 heavy (non-hydrogen) atoms. The number of benzene rings is 5. The lowest BCUT2D eigenvalue weighted by atomic mass is 9.85. The monoisotopic (exact) mass is 1140 g/mol. The SMILES string of the molecule is CN[C@@H](C)C(=O)NC(C(=O)N1C[C@@H](NC(=O)c2ccc(COc3ccc(C[C@H](NC(=O)[C@H](C)NC)C(=O)N4Cc5ccccc5C[C@H]4C(=O)N(C)[C@@H]4CCCc5ccccc54)cc3)cc2)C[C@H]1C(=O)N[C@@H]1CCCc2ccccc21)C(C)(C)C. The maximum atomic E-state index is 15.1. The zero-order valence-electron chi connectivity index (χ0n) is 49.8. The molecule has 0 spiro atoms. The number of amides is 7. The van der Waals surface area contributed by atoms with Gasteiger partial charge in [-0.3, -0.25) is 33.6 Å². The molecule has 2 heterocycles. The van der Waals surface area contributed by atoms with Crippen molar-refractivity contribution in [3.05, 3.63) is 171 Å². The number of aryl methyl sites for hydroxylation is 2. The summed E-state index contributed by atoms with van der Waals surface area (Å²) < 4.78 is 6.21. The fourth-order valence-electron chi connectivity index (χ4n) is 12.3. The minimum Gasteiger partial charge on any atom is -0.489 e. The van der Waals surface area contributed by atoms with E-state index in [9.17, 15) is 28.8 Å². The molecule has 2 aliphatic carbocycles. The number of hydrogen-bond donors (Lipinski definition) is 6. The van der Waals surface area contributed by atoms with Crippen LogP contribution in [0.15, 0.2) is 121 Å². The van der Waals surface area contributed by atoms with Crippen LogP contribution in [-0.2, 0) is 67.6 Å². The normalized spacial score (nSPS) is 20.5. The predicted molar refractivity (Wildman–Crippen MR) is 322 cm³/mol. The highest BCUT2D eigenvalue weighted by molar-refractivity contribution is 5.97. The molecule has 444 valence electrons. The highest BCUT2D eigenvalue weighted by atomic mass is 16.5. The van der Waals surface area contributed by atoms with Crippen LogP contribution in [0.5, 0.6) is 5.75 Å². The molecule has 5 aromatic carbocycles. The second kappa shape index (κ2) is 26.8. The minimum absolute atomic E-state index is 0.0725. The number of nitrogens with zero attached hydrogens (tertiary/aromatic N) is 3. The van der Waals surface area contributed by atoms with E-state index in [1.807, 2.05) is 124 Å². The molecule has 0 bridgehead atoms. The van der Waals surface area contributed by atoms with Crippen LogP contribution >= 0.6 is 0 Å². The fraction of sp³-hybridized carbons (Fsp3) is 0.448. The van der Waals surface area contributed by atoms with E-state index in [1.165, 1.54) is 16.0 Å². The maximum absolute atomic E-state index is 15.1. The van der Waals surface area contributed by atoms with Gasteiger partial charge in [0, 0.05) is 44.6 Å². The zero-order valence-corrected chi connectivity index (χ0v) is 49.8. The van der Waals surface area contributed by atoms with Crippen molar-refractivity contribution in [2.45, 2.75) is 160 Å². The summed E-state index contributed by atoms with van der Waals surface area (Å²) in [7, 11) is 5.21. The number of fused-ring (bicyclic) bond motifs is 3. The molecular formula is C67H83N9O8. The molecule has 7 amide bonds. The number of carbonyl (C=O) groups excluding carboxylic acids is 7. The standard InChI is InChI=1S/C67H83N9O8/c1-41(68-6)60(77)72-55(64(81)75-38-49-20-10-9-19-48(49)36-58(75)65(82)74(8)56-26-16-22-46-18-12-14-24-53(46)56)35-43-29-33-51(34-30-43)84-40-44-27-31-47(32-28-44)62(79)70-50-37-57(63(80)71-54-25-15-21-45-17-11-13-23-52(45)54)76(39-50)66(83)59(67(3,4)5)73-61(78)42(2)69-7/h9-14,17-20,23-24,27-34,41-42,50,54-59,68-69H,15-16,21-22,25-26,35-40H2,1-8H3,(H,70,79)(H,71,80)(H,72,77)(H,73,78)/t41-,42-,50-,54+,55-,56+,57-,58-,59?/m0/s1. The molecule has 17 nitrogen and oxygen atoms in total. The first-order valence-corrected chi connectivity index (χ1v) is 29.8. The second-order valence-electron chi connectivity index (χ2n) is 24.3. The third-order valence-electron chi connectivity index (χ3n) is 17.5. The Morgan fingerprint density at radius 3 is 1.88 bits per heavy atom. The first-order chi connectivity index (χ1) is 40.3. The summed E-state index contributed by atoms with van der Waals surface area (Å²) in [6.07, 6.45) is 6.07. The van der Waals surface area contributed by atoms with Crippen LogP contribution in [0.4, 0.5) is 0 Å². The minimum atomic E-state index is -0.981. The molecule has 0 radical (unpaired) electrons. The summed E-state index contributed by atoms with van der Waals surface area (Å²) >= 11 is 0. The van der Waals surface area contributed by atoms with Crippen LogP contribution in [0.1, 0.15) is 134 Å². The van der Waals surface area contributed by atoms with Gasteiger partial charge in [-0.05, 0) is 147 Å². The molecule has 17 heteroatoms. The van der Waals surface area contributed by atoms with Gasteiger partial charge in [-0.2, -0.15) is 0 Å². The van der Waals surface area contributed by atoms with E-state index in [0.29, 0.717) is 17.7 Å². The van der Waals surface area contributed by atoms with E-state index >= 15 is 4.79 Å². The lowest BCUT2D eigenvalue weighted by Crippen LogP contribution is -2.59. The molecule has 2 aliphatic heterocycles. The summed E-state index contributed by atoms with van der Waals surface area (Å²) in [5, 5.41) is 18.2. The topological polar surface area (TPSA) is 211 Å². The van der Waals surface area contributed by atoms with Gasteiger partial charge in [-0.15, -0.1) is 0 Å². The third-order valence-corrected chi connectivity index (χ3v) is 17.5. The Balaban J connectivity index is 0.850. The third kappa shape index (κ3) is 14.0. The smallest absolute Gasteiger partial charge is 0.251 e. The van der Waals surface area contributed by atoms with Crippen molar-refractivity contribution >= 4 is 41.4 Å². The van der Waals surface area contributed by atoms with Gasteiger partial charge in [0.15, 0.2) is 0 Å². The zero-order chi connectivity index (χ0) is 59.8. The number of likely N-dealkylation sites (tertiary alicyclic amines) is 1. The first-order valence-electron chi connectivity index (χ1n) is 29.8. The second-order valence-corrected chi connectivity index (χ2v) is 24.3. The van der Waals surface area contributed by atoms with Gasteiger partial charge in [0.1, 0.15) is 36.5 Å². The molecule has 0 saturated carbocycles. The van der Waals surface area contributed by atoms with Crippen LogP contribution < -0.4 is 36.6 Å². The van der Waals surface area contributed by atoms with Crippen LogP contribution in [0.2, 0.25) is 0 Å². The Labute approximate surface area is 494 Å². The summed E-state index contributed by atoms with van der Waals surface area (Å²) in [6.45, 7) is 9.55. The average Bonchev–Trinajstić information content (AvgIpc) is 2.26. The van der Waals surface area contributed by atoms with E-state index in [2.05, 4.69) is 50.1 Å². The molecule has 6 N–H and O–H groups in total. The molecule has 4 aliphatic rings. The van der Waals surface area contributed by atoms with Gasteiger partial charge >= 0.3 is 0 Å². The van der Waals surface area contributed by atoms with Crippen LogP contribution in [0.25, 0.3) is 0 Å². The number of ether oxygens (including phenoxy) is 1. The molecule has 9 atom stereocenters. The highest BCUT2D eigenvalue weighted by Crippen LogP contribution is 2.36. The Bertz CT molecular complexity index is 3200. The Hall–Kier alpha value is -7.89. The Morgan fingerprint density at radius 2 is 1.23 bits per heavy atom. The predicted octanol–water partition coefficient (Wildman–Crippen LogP) is 6.42. The van der Waals surface area contributed by atoms with Crippen molar-refractivity contribution in [1.82, 2.24) is 46.6 Å². The molecule has 1 unspecified atom stereocenters. The van der Waals surface area contributed by atoms with Crippen LogP contribution in [-0.4, -0.2) is 126 Å². The molecule has 1 saturated heterocycles. The molecular weight excluding hydrogens is 1060 g/mol. The van der Waals surface area contributed by atoms with Crippen molar-refractivity contribution in [1.29, 1.82) is 0 Å². The van der Waals surface area contributed by atoms with E-state index in [1.54, 1.807) is 45.0 Å². The summed E-state index contributed by atoms with van der Waals surface area (Å²) in [5.74, 6) is -1.64. The quantitative estimate of drug-likeness (QED) is 0.0535. The van der Waals surface area contributed by atoms with Crippen molar-refractivity contribution in [2.75, 3.05) is 27.7 Å². The molecule has 9 rings (SSSR count). The highest BCUT2D eigenvalue weighted by Gasteiger charge is 2.47. The van der Waals surface area contributed by atoms with Gasteiger partial charge < -0.3 is 51.3 Å². The number of likely N-dealkylation sites (N-methyl/N-ethyl adjacent to an activating group) is 3. The van der Waals surface area contributed by atoms with Crippen molar-refractivity contribution in [3.8, 4) is 5.75 Å². The fourth-order valence-corrected chi connectivity index (χ4v) is 12.3. The number of rotatable bonds is 19. The van der Waals surface area contributed by atoms with Crippen LogP contribution in [0.3, 0.4) is 0 Å². The summed E-state index contributed by atoms with van der Waals surface area (Å²) in [4.78, 5) is 105. The Kier molecular flexibility index (Phi) is 19.4. The largest absolute Gasteiger partial charge is 0.489 e. The van der Waals surface area contributed by atoms with Crippen molar-refractivity contribution in [2.24, 2.45) is 5.41 Å². The number of nitrogens with one attached hydrogen (secondary N) is 6. The Morgan fingerprint density at radius 1 is 0.643 bits per heavy atom. The van der Waals surface area contributed by atoms with Crippen molar-refractivity contribution in [3.63, 3.8) is 0 Å². The maximum Gasteiger partial charge on any atom is 0.251 e.